The van der Waals surface area contributed by atoms with Crippen LogP contribution in [-0.2, 0) is 13.1 Å². The molecule has 0 aliphatic carbocycles. The van der Waals surface area contributed by atoms with Crippen LogP contribution in [0.15, 0.2) is 41.0 Å². The van der Waals surface area contributed by atoms with Crippen molar-refractivity contribution in [1.29, 1.82) is 0 Å². The number of hydrogen-bond donors (Lipinski definition) is 1. The summed E-state index contributed by atoms with van der Waals surface area (Å²) in [5.41, 5.74) is 2.27. The largest absolute Gasteiger partial charge is 0.495 e. The molecule has 4 heteroatoms. The lowest BCUT2D eigenvalue weighted by molar-refractivity contribution is 0.414. The van der Waals surface area contributed by atoms with Crippen molar-refractivity contribution < 1.29 is 9.15 Å². The third kappa shape index (κ3) is 4.02. The molecule has 2 aromatic rings. The smallest absolute Gasteiger partial charge is 0.142 e. The number of nitrogens with one attached hydrogen (secondary N) is 1. The van der Waals surface area contributed by atoms with Crippen molar-refractivity contribution in [2.24, 2.45) is 0 Å². The van der Waals surface area contributed by atoms with Gasteiger partial charge in [-0.2, -0.15) is 0 Å². The molecule has 0 radical (unpaired) electrons. The van der Waals surface area contributed by atoms with E-state index in [1.165, 1.54) is 5.56 Å². The number of benzene rings is 1. The molecule has 0 saturated heterocycles. The molecule has 0 amide bonds. The summed E-state index contributed by atoms with van der Waals surface area (Å²) >= 11 is 0. The van der Waals surface area contributed by atoms with E-state index in [2.05, 4.69) is 23.2 Å². The second-order valence-electron chi connectivity index (χ2n) is 5.07. The van der Waals surface area contributed by atoms with E-state index in [-0.39, 0.29) is 0 Å². The first-order chi connectivity index (χ1) is 10.3. The van der Waals surface area contributed by atoms with Gasteiger partial charge >= 0.3 is 0 Å². The normalized spacial score (nSPS) is 10.6. The average Bonchev–Trinajstić information content (AvgIpc) is 2.94. The van der Waals surface area contributed by atoms with Crippen LogP contribution in [0.1, 0.15) is 24.7 Å². The van der Waals surface area contributed by atoms with Gasteiger partial charge in [0.1, 0.15) is 11.5 Å². The van der Waals surface area contributed by atoms with Crippen molar-refractivity contribution in [3.05, 3.63) is 47.9 Å². The first-order valence-corrected chi connectivity index (χ1v) is 7.36. The van der Waals surface area contributed by atoms with Crippen LogP contribution >= 0.6 is 0 Å². The van der Waals surface area contributed by atoms with Gasteiger partial charge in [-0.3, -0.25) is 0 Å². The predicted octanol–water partition coefficient (Wildman–Crippen LogP) is 3.42. The minimum Gasteiger partial charge on any atom is -0.495 e. The monoisotopic (exact) mass is 288 g/mol. The van der Waals surface area contributed by atoms with E-state index in [0.717, 1.165) is 43.3 Å². The van der Waals surface area contributed by atoms with Crippen LogP contribution in [0.2, 0.25) is 0 Å². The van der Waals surface area contributed by atoms with Crippen LogP contribution in [0, 0.1) is 0 Å². The Morgan fingerprint density at radius 2 is 2.05 bits per heavy atom. The zero-order valence-corrected chi connectivity index (χ0v) is 13.1. The molecule has 0 bridgehead atoms. The van der Waals surface area contributed by atoms with Crippen molar-refractivity contribution >= 4 is 5.69 Å². The topological polar surface area (TPSA) is 37.6 Å². The molecule has 1 heterocycles. The number of nitrogens with zero attached hydrogens (tertiary/aromatic N) is 1. The first-order valence-electron chi connectivity index (χ1n) is 7.36. The van der Waals surface area contributed by atoms with Crippen molar-refractivity contribution in [3.8, 4) is 5.75 Å². The molecule has 21 heavy (non-hydrogen) atoms. The van der Waals surface area contributed by atoms with Crippen molar-refractivity contribution in [3.63, 3.8) is 0 Å². The maximum Gasteiger partial charge on any atom is 0.142 e. The van der Waals surface area contributed by atoms with E-state index in [1.807, 2.05) is 31.3 Å². The van der Waals surface area contributed by atoms with Crippen LogP contribution in [0.4, 0.5) is 5.69 Å². The van der Waals surface area contributed by atoms with Gasteiger partial charge < -0.3 is 19.4 Å². The van der Waals surface area contributed by atoms with E-state index in [0.29, 0.717) is 0 Å². The van der Waals surface area contributed by atoms with E-state index >= 15 is 0 Å². The maximum atomic E-state index is 5.64. The fourth-order valence-corrected chi connectivity index (χ4v) is 2.31. The molecule has 0 saturated carbocycles. The lowest BCUT2D eigenvalue weighted by Gasteiger charge is -2.21. The van der Waals surface area contributed by atoms with Crippen molar-refractivity contribution in [2.75, 3.05) is 25.6 Å². The Hall–Kier alpha value is -1.94. The van der Waals surface area contributed by atoms with Crippen LogP contribution in [-0.4, -0.2) is 20.7 Å². The fraction of sp³-hybridized carbons (Fsp3) is 0.412. The second kappa shape index (κ2) is 7.74. The van der Waals surface area contributed by atoms with Crippen molar-refractivity contribution in [1.82, 2.24) is 5.32 Å². The van der Waals surface area contributed by atoms with Crippen LogP contribution < -0.4 is 15.0 Å². The quantitative estimate of drug-likeness (QED) is 0.755. The molecule has 4 nitrogen and oxygen atoms in total. The van der Waals surface area contributed by atoms with Gasteiger partial charge in [0.15, 0.2) is 0 Å². The van der Waals surface area contributed by atoms with Crippen LogP contribution in [0.25, 0.3) is 0 Å². The van der Waals surface area contributed by atoms with Gasteiger partial charge in [-0.05, 0) is 31.2 Å². The summed E-state index contributed by atoms with van der Waals surface area (Å²) in [7, 11) is 3.74. The van der Waals surface area contributed by atoms with E-state index < -0.39 is 0 Å². The zero-order valence-electron chi connectivity index (χ0n) is 13.1. The molecule has 1 aromatic carbocycles. The van der Waals surface area contributed by atoms with Crippen LogP contribution in [0.5, 0.6) is 5.75 Å². The highest BCUT2D eigenvalue weighted by Crippen LogP contribution is 2.28. The summed E-state index contributed by atoms with van der Waals surface area (Å²) in [5, 5.41) is 3.41. The Balaban J connectivity index is 2.05. The molecule has 114 valence electrons. The molecule has 1 aromatic heterocycles. The number of ether oxygens (including phenoxy) is 1. The van der Waals surface area contributed by atoms with Gasteiger partial charge in [0, 0.05) is 19.2 Å². The summed E-state index contributed by atoms with van der Waals surface area (Å²) in [4.78, 5) is 2.14. The van der Waals surface area contributed by atoms with Crippen molar-refractivity contribution in [2.45, 2.75) is 26.4 Å². The SMILES string of the molecule is CCCNCc1ccoc1CN(C)c1ccccc1OC. The Morgan fingerprint density at radius 3 is 2.81 bits per heavy atom. The number of anilines is 1. The molecular weight excluding hydrogens is 264 g/mol. The summed E-state index contributed by atoms with van der Waals surface area (Å²) in [6, 6.07) is 10.0. The highest BCUT2D eigenvalue weighted by molar-refractivity contribution is 5.57. The molecule has 2 rings (SSSR count). The minimum atomic E-state index is 0.719. The number of furan rings is 1. The first kappa shape index (κ1) is 15.4. The summed E-state index contributed by atoms with van der Waals surface area (Å²) < 4.78 is 11.0. The third-order valence-corrected chi connectivity index (χ3v) is 3.46. The van der Waals surface area contributed by atoms with Gasteiger partial charge in [-0.15, -0.1) is 0 Å². The highest BCUT2D eigenvalue weighted by atomic mass is 16.5. The molecule has 0 aliphatic heterocycles. The van der Waals surface area contributed by atoms with Gasteiger partial charge in [0.2, 0.25) is 0 Å². The molecule has 0 aliphatic rings. The summed E-state index contributed by atoms with van der Waals surface area (Å²) in [5.74, 6) is 1.87. The molecule has 1 N–H and O–H groups in total. The van der Waals surface area contributed by atoms with E-state index in [1.54, 1.807) is 13.4 Å². The lowest BCUT2D eigenvalue weighted by Crippen LogP contribution is -2.19. The Morgan fingerprint density at radius 1 is 1.24 bits per heavy atom. The Bertz CT molecular complexity index is 551. The zero-order chi connectivity index (χ0) is 15.1. The fourth-order valence-electron chi connectivity index (χ4n) is 2.31. The van der Waals surface area contributed by atoms with E-state index in [4.69, 9.17) is 9.15 Å². The number of methoxy groups -OCH3 is 1. The highest BCUT2D eigenvalue weighted by Gasteiger charge is 2.12. The number of rotatable bonds is 8. The summed E-state index contributed by atoms with van der Waals surface area (Å²) in [6.45, 7) is 4.75. The maximum absolute atomic E-state index is 5.64. The molecular formula is C17H24N2O2. The molecule has 0 atom stereocenters. The summed E-state index contributed by atoms with van der Waals surface area (Å²) in [6.07, 6.45) is 2.89. The standard InChI is InChI=1S/C17H24N2O2/c1-4-10-18-12-14-9-11-21-17(14)13-19(2)15-7-5-6-8-16(15)20-3/h5-9,11,18H,4,10,12-13H2,1-3H3. The molecule has 0 fully saturated rings. The second-order valence-corrected chi connectivity index (χ2v) is 5.07. The third-order valence-electron chi connectivity index (χ3n) is 3.46. The van der Waals surface area contributed by atoms with Gasteiger partial charge in [0.05, 0.1) is 25.6 Å². The van der Waals surface area contributed by atoms with E-state index in [9.17, 15) is 0 Å². The van der Waals surface area contributed by atoms with Crippen LogP contribution in [0.3, 0.4) is 0 Å². The van der Waals surface area contributed by atoms with Gasteiger partial charge in [0.25, 0.3) is 0 Å². The average molecular weight is 288 g/mol. The van der Waals surface area contributed by atoms with Gasteiger partial charge in [-0.25, -0.2) is 0 Å². The molecule has 0 unspecified atom stereocenters. The Kier molecular flexibility index (Phi) is 5.69. The lowest BCUT2D eigenvalue weighted by atomic mass is 10.2. The Labute approximate surface area is 126 Å². The number of hydrogen-bond acceptors (Lipinski definition) is 4. The number of para-hydroxylation sites is 2. The molecule has 0 spiro atoms. The van der Waals surface area contributed by atoms with Gasteiger partial charge in [-0.1, -0.05) is 19.1 Å². The predicted molar refractivity (Wildman–Crippen MR) is 85.8 cm³/mol. The minimum absolute atomic E-state index is 0.719.